The zero-order chi connectivity index (χ0) is 21.1. The maximum absolute atomic E-state index is 11.7. The minimum Gasteiger partial charge on any atom is -0.497 e. The molecule has 30 heavy (non-hydrogen) atoms. The van der Waals surface area contributed by atoms with Crippen molar-refractivity contribution in [3.8, 4) is 28.1 Å². The molecule has 0 fully saturated rings. The van der Waals surface area contributed by atoms with Gasteiger partial charge in [-0.3, -0.25) is 0 Å². The van der Waals surface area contributed by atoms with Gasteiger partial charge in [0.25, 0.3) is 0 Å². The van der Waals surface area contributed by atoms with Gasteiger partial charge in [0.15, 0.2) is 5.69 Å². The van der Waals surface area contributed by atoms with E-state index in [4.69, 9.17) is 16.3 Å². The van der Waals surface area contributed by atoms with Crippen LogP contribution in [0.15, 0.2) is 72.8 Å². The van der Waals surface area contributed by atoms with Gasteiger partial charge in [0.05, 0.1) is 13.7 Å². The number of rotatable bonds is 6. The fraction of sp³-hybridized carbons (Fsp3) is 0.0870. The van der Waals surface area contributed by atoms with Gasteiger partial charge in [0.2, 0.25) is 0 Å². The van der Waals surface area contributed by atoms with Crippen LogP contribution in [0.25, 0.3) is 22.4 Å². The van der Waals surface area contributed by atoms with E-state index >= 15 is 0 Å². The van der Waals surface area contributed by atoms with Crippen LogP contribution < -0.4 is 4.74 Å². The van der Waals surface area contributed by atoms with Gasteiger partial charge < -0.3 is 9.84 Å². The van der Waals surface area contributed by atoms with Crippen molar-refractivity contribution in [2.75, 3.05) is 7.11 Å². The lowest BCUT2D eigenvalue weighted by atomic mass is 10.0. The zero-order valence-electron chi connectivity index (χ0n) is 16.1. The van der Waals surface area contributed by atoms with Gasteiger partial charge in [-0.15, -0.1) is 5.10 Å². The van der Waals surface area contributed by atoms with Gasteiger partial charge in [-0.2, -0.15) is 0 Å². The van der Waals surface area contributed by atoms with E-state index < -0.39 is 5.97 Å². The predicted octanol–water partition coefficient (Wildman–Crippen LogP) is 5.02. The first-order chi connectivity index (χ1) is 14.5. The highest BCUT2D eigenvalue weighted by molar-refractivity contribution is 6.30. The minimum absolute atomic E-state index is 0.0808. The van der Waals surface area contributed by atoms with Crippen LogP contribution in [-0.4, -0.2) is 33.2 Å². The minimum atomic E-state index is -1.12. The Balaban J connectivity index is 1.69. The van der Waals surface area contributed by atoms with Crippen LogP contribution in [0, 0.1) is 0 Å². The number of hydrogen-bond donors (Lipinski definition) is 1. The number of methoxy groups -OCH3 is 1. The summed E-state index contributed by atoms with van der Waals surface area (Å²) in [5.41, 5.74) is 4.08. The zero-order valence-corrected chi connectivity index (χ0v) is 16.9. The Morgan fingerprint density at radius 2 is 1.50 bits per heavy atom. The van der Waals surface area contributed by atoms with E-state index in [1.807, 2.05) is 72.8 Å². The molecule has 0 unspecified atom stereocenters. The molecule has 7 heteroatoms. The normalized spacial score (nSPS) is 10.7. The van der Waals surface area contributed by atoms with Gasteiger partial charge in [-0.05, 0) is 41.0 Å². The Bertz CT molecular complexity index is 1170. The molecule has 0 aliphatic carbocycles. The fourth-order valence-electron chi connectivity index (χ4n) is 3.22. The average Bonchev–Trinajstić information content (AvgIpc) is 3.19. The van der Waals surface area contributed by atoms with Crippen molar-refractivity contribution in [2.45, 2.75) is 6.54 Å². The number of aromatic carboxylic acids is 1. The summed E-state index contributed by atoms with van der Waals surface area (Å²) in [5.74, 6) is -0.366. The van der Waals surface area contributed by atoms with E-state index in [1.54, 1.807) is 11.8 Å². The summed E-state index contributed by atoms with van der Waals surface area (Å²) in [7, 11) is 1.61. The average molecular weight is 420 g/mol. The van der Waals surface area contributed by atoms with Crippen molar-refractivity contribution in [3.63, 3.8) is 0 Å². The number of aromatic nitrogens is 3. The SMILES string of the molecule is COc1ccc(Cn2nnc(C(=O)O)c2-c2ccc(-c3ccc(Cl)cc3)cc2)cc1. The van der Waals surface area contributed by atoms with E-state index in [0.717, 1.165) is 28.0 Å². The number of halogens is 1. The molecular weight excluding hydrogens is 402 g/mol. The Kier molecular flexibility index (Phi) is 5.50. The molecule has 6 nitrogen and oxygen atoms in total. The predicted molar refractivity (Wildman–Crippen MR) is 115 cm³/mol. The van der Waals surface area contributed by atoms with Crippen molar-refractivity contribution < 1.29 is 14.6 Å². The third-order valence-electron chi connectivity index (χ3n) is 4.76. The highest BCUT2D eigenvalue weighted by Gasteiger charge is 2.21. The molecule has 0 spiro atoms. The first-order valence-electron chi connectivity index (χ1n) is 9.21. The molecule has 4 rings (SSSR count). The summed E-state index contributed by atoms with van der Waals surface area (Å²) in [6.45, 7) is 0.387. The third-order valence-corrected chi connectivity index (χ3v) is 5.02. The summed E-state index contributed by atoms with van der Waals surface area (Å²) in [6, 6.07) is 22.7. The number of carboxylic acid groups (broad SMARTS) is 1. The molecule has 0 aliphatic rings. The summed E-state index contributed by atoms with van der Waals surface area (Å²) in [4.78, 5) is 11.7. The fourth-order valence-corrected chi connectivity index (χ4v) is 3.35. The molecule has 0 amide bonds. The number of ether oxygens (including phenoxy) is 1. The second-order valence-corrected chi connectivity index (χ2v) is 7.12. The summed E-state index contributed by atoms with van der Waals surface area (Å²) < 4.78 is 6.78. The molecule has 150 valence electrons. The van der Waals surface area contributed by atoms with Crippen LogP contribution in [0.2, 0.25) is 5.02 Å². The molecule has 1 heterocycles. The van der Waals surface area contributed by atoms with Gasteiger partial charge in [0, 0.05) is 10.6 Å². The van der Waals surface area contributed by atoms with E-state index in [9.17, 15) is 9.90 Å². The molecule has 3 aromatic carbocycles. The van der Waals surface area contributed by atoms with Gasteiger partial charge in [-0.25, -0.2) is 9.48 Å². The van der Waals surface area contributed by atoms with E-state index in [0.29, 0.717) is 17.3 Å². The quantitative estimate of drug-likeness (QED) is 0.474. The lowest BCUT2D eigenvalue weighted by molar-refractivity contribution is 0.0691. The first kappa shape index (κ1) is 19.7. The van der Waals surface area contributed by atoms with Crippen molar-refractivity contribution in [3.05, 3.63) is 89.1 Å². The highest BCUT2D eigenvalue weighted by atomic mass is 35.5. The number of carbonyl (C=O) groups is 1. The van der Waals surface area contributed by atoms with E-state index in [-0.39, 0.29) is 5.69 Å². The van der Waals surface area contributed by atoms with Crippen LogP contribution in [0.5, 0.6) is 5.75 Å². The Labute approximate surface area is 178 Å². The van der Waals surface area contributed by atoms with Crippen LogP contribution >= 0.6 is 11.6 Å². The second-order valence-electron chi connectivity index (χ2n) is 6.68. The molecule has 0 bridgehead atoms. The Morgan fingerprint density at radius 3 is 2.07 bits per heavy atom. The summed E-state index contributed by atoms with van der Waals surface area (Å²) in [6.07, 6.45) is 0. The van der Waals surface area contributed by atoms with Crippen molar-refractivity contribution >= 4 is 17.6 Å². The topological polar surface area (TPSA) is 77.2 Å². The molecule has 1 aromatic heterocycles. The maximum Gasteiger partial charge on any atom is 0.358 e. The van der Waals surface area contributed by atoms with Crippen molar-refractivity contribution in [1.29, 1.82) is 0 Å². The Hall–Kier alpha value is -3.64. The summed E-state index contributed by atoms with van der Waals surface area (Å²) >= 11 is 5.96. The molecule has 0 saturated heterocycles. The third kappa shape index (κ3) is 4.04. The van der Waals surface area contributed by atoms with Crippen molar-refractivity contribution in [1.82, 2.24) is 15.0 Å². The van der Waals surface area contributed by atoms with Crippen LogP contribution in [-0.2, 0) is 6.54 Å². The largest absolute Gasteiger partial charge is 0.497 e. The molecular formula is C23H18ClN3O3. The van der Waals surface area contributed by atoms with Crippen LogP contribution in [0.1, 0.15) is 16.1 Å². The lowest BCUT2D eigenvalue weighted by Crippen LogP contribution is -2.06. The number of benzene rings is 3. The van der Waals surface area contributed by atoms with Gasteiger partial charge in [-0.1, -0.05) is 65.3 Å². The van der Waals surface area contributed by atoms with E-state index in [2.05, 4.69) is 10.3 Å². The van der Waals surface area contributed by atoms with E-state index in [1.165, 1.54) is 0 Å². The summed E-state index contributed by atoms with van der Waals surface area (Å²) in [5, 5.41) is 18.2. The molecule has 1 N–H and O–H groups in total. The highest BCUT2D eigenvalue weighted by Crippen LogP contribution is 2.28. The second kappa shape index (κ2) is 8.39. The lowest BCUT2D eigenvalue weighted by Gasteiger charge is -2.09. The number of carboxylic acids is 1. The van der Waals surface area contributed by atoms with Gasteiger partial charge >= 0.3 is 5.97 Å². The Morgan fingerprint density at radius 1 is 0.933 bits per heavy atom. The van der Waals surface area contributed by atoms with Crippen LogP contribution in [0.3, 0.4) is 0 Å². The van der Waals surface area contributed by atoms with Gasteiger partial charge in [0.1, 0.15) is 11.4 Å². The smallest absolute Gasteiger partial charge is 0.358 e. The standard InChI is InChI=1S/C23H18ClN3O3/c1-30-20-12-2-15(3-13-20)14-27-22(21(23(28)29)25-26-27)18-6-4-16(5-7-18)17-8-10-19(24)11-9-17/h2-13H,14H2,1H3,(H,28,29). The molecule has 4 aromatic rings. The molecule has 0 saturated carbocycles. The van der Waals surface area contributed by atoms with Crippen molar-refractivity contribution in [2.24, 2.45) is 0 Å². The molecule has 0 atom stereocenters. The molecule has 0 radical (unpaired) electrons. The first-order valence-corrected chi connectivity index (χ1v) is 9.59. The number of nitrogens with zero attached hydrogens (tertiary/aromatic N) is 3. The number of hydrogen-bond acceptors (Lipinski definition) is 4. The van der Waals surface area contributed by atoms with Crippen LogP contribution in [0.4, 0.5) is 0 Å². The maximum atomic E-state index is 11.7. The monoisotopic (exact) mass is 419 g/mol. The molecule has 0 aliphatic heterocycles.